The van der Waals surface area contributed by atoms with Gasteiger partial charge in [-0.15, -0.1) is 0 Å². The lowest BCUT2D eigenvalue weighted by Gasteiger charge is -2.21. The van der Waals surface area contributed by atoms with Crippen LogP contribution in [0.5, 0.6) is 5.75 Å². The van der Waals surface area contributed by atoms with Crippen molar-refractivity contribution in [1.29, 1.82) is 0 Å². The zero-order valence-electron chi connectivity index (χ0n) is 17.4. The second kappa shape index (κ2) is 9.69. The van der Waals surface area contributed by atoms with Crippen LogP contribution in [0.2, 0.25) is 0 Å². The fourth-order valence-electron chi connectivity index (χ4n) is 3.66. The van der Waals surface area contributed by atoms with Gasteiger partial charge < -0.3 is 19.3 Å². The molecule has 1 saturated heterocycles. The topological polar surface area (TPSA) is 85.5 Å². The number of anilines is 1. The van der Waals surface area contributed by atoms with Gasteiger partial charge in [-0.2, -0.15) is 4.98 Å². The molecule has 1 aliphatic rings. The smallest absolute Gasteiger partial charge is 0.244 e. The maximum Gasteiger partial charge on any atom is 0.244 e. The highest BCUT2D eigenvalue weighted by Gasteiger charge is 2.30. The zero-order valence-corrected chi connectivity index (χ0v) is 17.4. The van der Waals surface area contributed by atoms with Crippen LogP contribution in [0.15, 0.2) is 47.1 Å². The molecule has 0 unspecified atom stereocenters. The average Bonchev–Trinajstić information content (AvgIpc) is 3.44. The molecule has 1 N–H and O–H groups in total. The summed E-state index contributed by atoms with van der Waals surface area (Å²) in [6.45, 7) is 3.19. The highest BCUT2D eigenvalue weighted by molar-refractivity contribution is 5.55. The first-order valence-electron chi connectivity index (χ1n) is 10.2. The molecule has 1 aliphatic heterocycles. The molecule has 0 amide bonds. The number of nitrogens with one attached hydrogen (secondary N) is 1. The fraction of sp³-hybridized carbons (Fsp3) is 0.409. The molecule has 4 rings (SSSR count). The standard InChI is InChI=1S/C22H27N5O3/c1-28-13-11-23-20-10-7-17(14-24-20)21-25-22(30-26-21)19-4-3-12-27(19)15-16-5-8-18(29-2)9-6-16/h5-10,14,19H,3-4,11-13,15H2,1-2H3,(H,23,24)/t19-/m0/s1. The van der Waals surface area contributed by atoms with E-state index in [0.717, 1.165) is 43.1 Å². The van der Waals surface area contributed by atoms with Crippen molar-refractivity contribution in [3.63, 3.8) is 0 Å². The predicted octanol–water partition coefficient (Wildman–Crippen LogP) is 3.54. The molecule has 158 valence electrons. The first-order valence-corrected chi connectivity index (χ1v) is 10.2. The van der Waals surface area contributed by atoms with Crippen molar-refractivity contribution < 1.29 is 14.0 Å². The summed E-state index contributed by atoms with van der Waals surface area (Å²) in [6, 6.07) is 12.2. The van der Waals surface area contributed by atoms with Crippen LogP contribution >= 0.6 is 0 Å². The van der Waals surface area contributed by atoms with E-state index < -0.39 is 0 Å². The minimum atomic E-state index is 0.135. The molecule has 2 aromatic heterocycles. The van der Waals surface area contributed by atoms with E-state index in [0.29, 0.717) is 24.9 Å². The normalized spacial score (nSPS) is 16.7. The summed E-state index contributed by atoms with van der Waals surface area (Å²) >= 11 is 0. The number of methoxy groups -OCH3 is 2. The van der Waals surface area contributed by atoms with Crippen LogP contribution in [-0.4, -0.2) is 53.9 Å². The van der Waals surface area contributed by atoms with Crippen LogP contribution in [0.3, 0.4) is 0 Å². The molecule has 30 heavy (non-hydrogen) atoms. The molecule has 0 spiro atoms. The zero-order chi connectivity index (χ0) is 20.8. The molecule has 0 saturated carbocycles. The van der Waals surface area contributed by atoms with Crippen LogP contribution < -0.4 is 10.1 Å². The molecule has 3 heterocycles. The van der Waals surface area contributed by atoms with Crippen LogP contribution in [0.1, 0.15) is 30.3 Å². The number of pyridine rings is 1. The van der Waals surface area contributed by atoms with Crippen molar-refractivity contribution in [2.45, 2.75) is 25.4 Å². The molecule has 0 aliphatic carbocycles. The molecule has 1 aromatic carbocycles. The largest absolute Gasteiger partial charge is 0.497 e. The quantitative estimate of drug-likeness (QED) is 0.537. The predicted molar refractivity (Wildman–Crippen MR) is 113 cm³/mol. The summed E-state index contributed by atoms with van der Waals surface area (Å²) in [5.74, 6) is 2.89. The first kappa shape index (κ1) is 20.3. The third-order valence-corrected chi connectivity index (χ3v) is 5.27. The number of benzene rings is 1. The Morgan fingerprint density at radius 3 is 2.77 bits per heavy atom. The van der Waals surface area contributed by atoms with E-state index in [-0.39, 0.29) is 6.04 Å². The highest BCUT2D eigenvalue weighted by Crippen LogP contribution is 2.33. The van der Waals surface area contributed by atoms with E-state index in [1.54, 1.807) is 20.4 Å². The number of ether oxygens (including phenoxy) is 2. The van der Waals surface area contributed by atoms with Gasteiger partial charge in [0, 0.05) is 32.0 Å². The van der Waals surface area contributed by atoms with E-state index in [4.69, 9.17) is 14.0 Å². The van der Waals surface area contributed by atoms with Crippen LogP contribution in [0.25, 0.3) is 11.4 Å². The van der Waals surface area contributed by atoms with Gasteiger partial charge in [0.05, 0.1) is 19.8 Å². The maximum absolute atomic E-state index is 5.63. The number of aromatic nitrogens is 3. The first-order chi connectivity index (χ1) is 14.8. The van der Waals surface area contributed by atoms with Crippen LogP contribution in [0, 0.1) is 0 Å². The van der Waals surface area contributed by atoms with Crippen LogP contribution in [0.4, 0.5) is 5.82 Å². The second-order valence-corrected chi connectivity index (χ2v) is 7.28. The Hall–Kier alpha value is -2.97. The van der Waals surface area contributed by atoms with Crippen molar-refractivity contribution in [3.8, 4) is 17.1 Å². The monoisotopic (exact) mass is 409 g/mol. The summed E-state index contributed by atoms with van der Waals surface area (Å²) in [7, 11) is 3.36. The lowest BCUT2D eigenvalue weighted by Crippen LogP contribution is -2.23. The maximum atomic E-state index is 5.63. The van der Waals surface area contributed by atoms with Gasteiger partial charge in [-0.1, -0.05) is 17.3 Å². The molecule has 0 radical (unpaired) electrons. The minimum Gasteiger partial charge on any atom is -0.497 e. The van der Waals surface area contributed by atoms with Gasteiger partial charge in [0.1, 0.15) is 11.6 Å². The van der Waals surface area contributed by atoms with Gasteiger partial charge in [0.15, 0.2) is 0 Å². The van der Waals surface area contributed by atoms with Gasteiger partial charge in [-0.3, -0.25) is 4.90 Å². The molecular formula is C22H27N5O3. The SMILES string of the molecule is COCCNc1ccc(-c2noc([C@@H]3CCCN3Cc3ccc(OC)cc3)n2)cn1. The Bertz CT molecular complexity index is 927. The summed E-state index contributed by atoms with van der Waals surface area (Å²) in [4.78, 5) is 11.5. The number of rotatable bonds is 9. The third-order valence-electron chi connectivity index (χ3n) is 5.27. The van der Waals surface area contributed by atoms with E-state index >= 15 is 0 Å². The Labute approximate surface area is 176 Å². The number of likely N-dealkylation sites (tertiary alicyclic amines) is 1. The fourth-order valence-corrected chi connectivity index (χ4v) is 3.66. The molecule has 1 atom stereocenters. The average molecular weight is 409 g/mol. The minimum absolute atomic E-state index is 0.135. The highest BCUT2D eigenvalue weighted by atomic mass is 16.5. The van der Waals surface area contributed by atoms with Crippen molar-refractivity contribution in [2.24, 2.45) is 0 Å². The van der Waals surface area contributed by atoms with Gasteiger partial charge >= 0.3 is 0 Å². The summed E-state index contributed by atoms with van der Waals surface area (Å²) in [6.07, 6.45) is 3.88. The molecule has 0 bridgehead atoms. The number of nitrogens with zero attached hydrogens (tertiary/aromatic N) is 4. The second-order valence-electron chi connectivity index (χ2n) is 7.28. The van der Waals surface area contributed by atoms with Crippen molar-refractivity contribution in [1.82, 2.24) is 20.0 Å². The Morgan fingerprint density at radius 1 is 1.17 bits per heavy atom. The van der Waals surface area contributed by atoms with E-state index in [1.165, 1.54) is 5.56 Å². The third kappa shape index (κ3) is 4.77. The Morgan fingerprint density at radius 2 is 2.03 bits per heavy atom. The van der Waals surface area contributed by atoms with Crippen molar-refractivity contribution >= 4 is 5.82 Å². The van der Waals surface area contributed by atoms with Gasteiger partial charge in [0.2, 0.25) is 11.7 Å². The van der Waals surface area contributed by atoms with Gasteiger partial charge in [-0.05, 0) is 49.2 Å². The number of hydrogen-bond donors (Lipinski definition) is 1. The summed E-state index contributed by atoms with van der Waals surface area (Å²) in [5.41, 5.74) is 2.07. The summed E-state index contributed by atoms with van der Waals surface area (Å²) in [5, 5.41) is 7.39. The molecular weight excluding hydrogens is 382 g/mol. The van der Waals surface area contributed by atoms with Gasteiger partial charge in [-0.25, -0.2) is 4.98 Å². The number of hydrogen-bond acceptors (Lipinski definition) is 8. The Balaban J connectivity index is 1.42. The van der Waals surface area contributed by atoms with Gasteiger partial charge in [0.25, 0.3) is 0 Å². The van der Waals surface area contributed by atoms with E-state index in [1.807, 2.05) is 24.3 Å². The lowest BCUT2D eigenvalue weighted by atomic mass is 10.1. The molecule has 8 heteroatoms. The Kier molecular flexibility index (Phi) is 6.56. The van der Waals surface area contributed by atoms with E-state index in [2.05, 4.69) is 37.5 Å². The van der Waals surface area contributed by atoms with Crippen LogP contribution in [-0.2, 0) is 11.3 Å². The molecule has 1 fully saturated rings. The molecule has 3 aromatic rings. The molecule has 8 nitrogen and oxygen atoms in total. The summed E-state index contributed by atoms with van der Waals surface area (Å²) < 4.78 is 15.9. The van der Waals surface area contributed by atoms with Crippen molar-refractivity contribution in [2.75, 3.05) is 39.2 Å². The lowest BCUT2D eigenvalue weighted by molar-refractivity contribution is 0.201. The van der Waals surface area contributed by atoms with E-state index in [9.17, 15) is 0 Å². The van der Waals surface area contributed by atoms with Crippen molar-refractivity contribution in [3.05, 3.63) is 54.0 Å².